The average molecular weight is 225 g/mol. The second-order valence-corrected chi connectivity index (χ2v) is 3.60. The molecular formula is C11H15NO4. The lowest BCUT2D eigenvalue weighted by molar-refractivity contribution is 0.0695. The molecule has 0 spiro atoms. The van der Waals surface area contributed by atoms with Gasteiger partial charge in [0.1, 0.15) is 0 Å². The monoisotopic (exact) mass is 225 g/mol. The van der Waals surface area contributed by atoms with Gasteiger partial charge in [-0.25, -0.2) is 4.79 Å². The van der Waals surface area contributed by atoms with Gasteiger partial charge in [0.15, 0.2) is 0 Å². The van der Waals surface area contributed by atoms with Crippen LogP contribution in [0.4, 0.5) is 0 Å². The summed E-state index contributed by atoms with van der Waals surface area (Å²) >= 11 is 0. The lowest BCUT2D eigenvalue weighted by Gasteiger charge is -2.14. The standard InChI is InChI=1S/C11H15NO4/c1-8(5-6-16-2)12-7-9(11(14)15)3-4-10(12)13/h3-4,7-8H,5-6H2,1-2H3,(H,14,15). The fourth-order valence-corrected chi connectivity index (χ4v) is 1.40. The summed E-state index contributed by atoms with van der Waals surface area (Å²) in [4.78, 5) is 22.3. The van der Waals surface area contributed by atoms with Gasteiger partial charge in [0, 0.05) is 32.0 Å². The van der Waals surface area contributed by atoms with E-state index in [9.17, 15) is 9.59 Å². The minimum atomic E-state index is -1.03. The molecule has 0 radical (unpaired) electrons. The van der Waals surface area contributed by atoms with Crippen molar-refractivity contribution in [2.45, 2.75) is 19.4 Å². The number of carbonyl (C=O) groups is 1. The van der Waals surface area contributed by atoms with Crippen molar-refractivity contribution >= 4 is 5.97 Å². The van der Waals surface area contributed by atoms with Crippen LogP contribution >= 0.6 is 0 Å². The van der Waals surface area contributed by atoms with Crippen molar-refractivity contribution in [3.63, 3.8) is 0 Å². The Morgan fingerprint density at radius 3 is 2.81 bits per heavy atom. The van der Waals surface area contributed by atoms with Gasteiger partial charge >= 0.3 is 5.97 Å². The molecule has 0 aliphatic heterocycles. The normalized spacial score (nSPS) is 12.4. The molecule has 1 atom stereocenters. The van der Waals surface area contributed by atoms with E-state index in [0.29, 0.717) is 13.0 Å². The van der Waals surface area contributed by atoms with Crippen molar-refractivity contribution in [3.8, 4) is 0 Å². The molecule has 0 bridgehead atoms. The lowest BCUT2D eigenvalue weighted by atomic mass is 10.2. The number of rotatable bonds is 5. The molecule has 0 saturated carbocycles. The first-order valence-electron chi connectivity index (χ1n) is 5.00. The molecule has 1 heterocycles. The minimum Gasteiger partial charge on any atom is -0.478 e. The molecule has 1 rings (SSSR count). The van der Waals surface area contributed by atoms with Crippen LogP contribution in [0.3, 0.4) is 0 Å². The SMILES string of the molecule is COCCC(C)n1cc(C(=O)O)ccc1=O. The molecule has 0 aliphatic rings. The molecule has 0 saturated heterocycles. The maximum atomic E-state index is 11.5. The predicted octanol–water partition coefficient (Wildman–Crippen LogP) is 1.14. The van der Waals surface area contributed by atoms with Crippen LogP contribution in [0.25, 0.3) is 0 Å². The highest BCUT2D eigenvalue weighted by Gasteiger charge is 2.09. The number of nitrogens with zero attached hydrogens (tertiary/aromatic N) is 1. The Bertz CT molecular complexity index is 424. The lowest BCUT2D eigenvalue weighted by Crippen LogP contribution is -2.24. The van der Waals surface area contributed by atoms with Crippen LogP contribution in [0.15, 0.2) is 23.1 Å². The highest BCUT2D eigenvalue weighted by atomic mass is 16.5. The van der Waals surface area contributed by atoms with E-state index in [4.69, 9.17) is 9.84 Å². The zero-order valence-electron chi connectivity index (χ0n) is 9.34. The third-order valence-corrected chi connectivity index (χ3v) is 2.40. The van der Waals surface area contributed by atoms with Crippen LogP contribution in [0, 0.1) is 0 Å². The first kappa shape index (κ1) is 12.4. The van der Waals surface area contributed by atoms with Gasteiger partial charge in [-0.15, -0.1) is 0 Å². The van der Waals surface area contributed by atoms with Gasteiger partial charge in [0.25, 0.3) is 5.56 Å². The summed E-state index contributed by atoms with van der Waals surface area (Å²) in [5.74, 6) is -1.03. The van der Waals surface area contributed by atoms with Gasteiger partial charge < -0.3 is 14.4 Å². The van der Waals surface area contributed by atoms with E-state index in [-0.39, 0.29) is 17.2 Å². The Kier molecular flexibility index (Phi) is 4.25. The molecule has 1 aromatic rings. The minimum absolute atomic E-state index is 0.0771. The van der Waals surface area contributed by atoms with Crippen LogP contribution in [0.2, 0.25) is 0 Å². The molecule has 0 amide bonds. The van der Waals surface area contributed by atoms with Crippen molar-refractivity contribution in [2.24, 2.45) is 0 Å². The van der Waals surface area contributed by atoms with E-state index in [1.807, 2.05) is 6.92 Å². The van der Waals surface area contributed by atoms with Gasteiger partial charge in [-0.1, -0.05) is 0 Å². The average Bonchev–Trinajstić information content (AvgIpc) is 2.26. The summed E-state index contributed by atoms with van der Waals surface area (Å²) in [6, 6.07) is 2.50. The van der Waals surface area contributed by atoms with Crippen molar-refractivity contribution in [3.05, 3.63) is 34.2 Å². The Balaban J connectivity index is 2.97. The number of hydrogen-bond acceptors (Lipinski definition) is 3. The first-order chi connectivity index (χ1) is 7.56. The summed E-state index contributed by atoms with van der Waals surface area (Å²) in [6.07, 6.45) is 2.03. The molecule has 1 N–H and O–H groups in total. The largest absolute Gasteiger partial charge is 0.478 e. The van der Waals surface area contributed by atoms with Gasteiger partial charge in [0.2, 0.25) is 0 Å². The fourth-order valence-electron chi connectivity index (χ4n) is 1.40. The highest BCUT2D eigenvalue weighted by molar-refractivity contribution is 5.87. The Morgan fingerprint density at radius 2 is 2.25 bits per heavy atom. The molecule has 0 fully saturated rings. The predicted molar refractivity (Wildman–Crippen MR) is 58.9 cm³/mol. The summed E-state index contributed by atoms with van der Waals surface area (Å²) in [5, 5.41) is 8.82. The van der Waals surface area contributed by atoms with Crippen LogP contribution in [0.5, 0.6) is 0 Å². The van der Waals surface area contributed by atoms with Crippen molar-refractivity contribution < 1.29 is 14.6 Å². The Labute approximate surface area is 93.3 Å². The van der Waals surface area contributed by atoms with E-state index in [0.717, 1.165) is 0 Å². The number of hydrogen-bond donors (Lipinski definition) is 1. The summed E-state index contributed by atoms with van der Waals surface area (Å²) < 4.78 is 6.34. The van der Waals surface area contributed by atoms with Gasteiger partial charge in [-0.3, -0.25) is 4.79 Å². The third-order valence-electron chi connectivity index (χ3n) is 2.40. The van der Waals surface area contributed by atoms with Crippen LogP contribution < -0.4 is 5.56 Å². The number of carboxylic acid groups (broad SMARTS) is 1. The molecule has 88 valence electrons. The smallest absolute Gasteiger partial charge is 0.337 e. The number of pyridine rings is 1. The summed E-state index contributed by atoms with van der Waals surface area (Å²) in [5.41, 5.74) is -0.0857. The molecular weight excluding hydrogens is 210 g/mol. The highest BCUT2D eigenvalue weighted by Crippen LogP contribution is 2.08. The van der Waals surface area contributed by atoms with Crippen molar-refractivity contribution in [1.29, 1.82) is 0 Å². The zero-order valence-corrected chi connectivity index (χ0v) is 9.34. The van der Waals surface area contributed by atoms with E-state index >= 15 is 0 Å². The van der Waals surface area contributed by atoms with Crippen LogP contribution in [-0.4, -0.2) is 29.4 Å². The van der Waals surface area contributed by atoms with Crippen LogP contribution in [-0.2, 0) is 4.74 Å². The zero-order chi connectivity index (χ0) is 12.1. The van der Waals surface area contributed by atoms with E-state index in [1.165, 1.54) is 22.9 Å². The Hall–Kier alpha value is -1.62. The maximum Gasteiger partial charge on any atom is 0.337 e. The topological polar surface area (TPSA) is 68.5 Å². The number of carboxylic acids is 1. The van der Waals surface area contributed by atoms with Crippen molar-refractivity contribution in [1.82, 2.24) is 4.57 Å². The second-order valence-electron chi connectivity index (χ2n) is 3.60. The molecule has 16 heavy (non-hydrogen) atoms. The first-order valence-corrected chi connectivity index (χ1v) is 5.00. The molecule has 1 aromatic heterocycles. The number of ether oxygens (including phenoxy) is 1. The molecule has 5 nitrogen and oxygen atoms in total. The summed E-state index contributed by atoms with van der Waals surface area (Å²) in [6.45, 7) is 2.39. The number of aromatic nitrogens is 1. The third kappa shape index (κ3) is 2.93. The Morgan fingerprint density at radius 1 is 1.56 bits per heavy atom. The quantitative estimate of drug-likeness (QED) is 0.816. The van der Waals surface area contributed by atoms with E-state index < -0.39 is 5.97 Å². The molecule has 0 aliphatic carbocycles. The van der Waals surface area contributed by atoms with E-state index in [1.54, 1.807) is 7.11 Å². The van der Waals surface area contributed by atoms with Gasteiger partial charge in [0.05, 0.1) is 5.56 Å². The summed E-state index contributed by atoms with van der Waals surface area (Å²) in [7, 11) is 1.59. The fraction of sp³-hybridized carbons (Fsp3) is 0.455. The number of aromatic carboxylic acids is 1. The molecule has 0 aromatic carbocycles. The molecule has 5 heteroatoms. The van der Waals surface area contributed by atoms with E-state index in [2.05, 4.69) is 0 Å². The second kappa shape index (κ2) is 5.46. The van der Waals surface area contributed by atoms with Crippen LogP contribution in [0.1, 0.15) is 29.7 Å². The van der Waals surface area contributed by atoms with Crippen molar-refractivity contribution in [2.75, 3.05) is 13.7 Å². The maximum absolute atomic E-state index is 11.5. The van der Waals surface area contributed by atoms with Gasteiger partial charge in [-0.05, 0) is 19.4 Å². The van der Waals surface area contributed by atoms with Gasteiger partial charge in [-0.2, -0.15) is 0 Å². The number of methoxy groups -OCH3 is 1. The molecule has 1 unspecified atom stereocenters.